The van der Waals surface area contributed by atoms with Gasteiger partial charge in [-0.3, -0.25) is 13.9 Å². The van der Waals surface area contributed by atoms with Crippen LogP contribution in [0.1, 0.15) is 51.2 Å². The first kappa shape index (κ1) is 30.1. The molecule has 1 N–H and O–H groups in total. The normalized spacial score (nSPS) is 13.1. The fraction of sp³-hybridized carbons (Fsp3) is 0.462. The summed E-state index contributed by atoms with van der Waals surface area (Å²) in [5.41, 5.74) is 2.14. The fourth-order valence-electron chi connectivity index (χ4n) is 3.71. The molecule has 2 amide bonds. The van der Waals surface area contributed by atoms with E-state index in [1.807, 2.05) is 45.0 Å². The van der Waals surface area contributed by atoms with Crippen LogP contribution in [0, 0.1) is 6.92 Å². The van der Waals surface area contributed by atoms with Crippen molar-refractivity contribution in [1.82, 2.24) is 10.2 Å². The lowest BCUT2D eigenvalue weighted by Gasteiger charge is -2.30. The molecule has 0 saturated carbocycles. The number of anilines is 1. The van der Waals surface area contributed by atoms with Crippen LogP contribution in [-0.2, 0) is 26.2 Å². The van der Waals surface area contributed by atoms with E-state index < -0.39 is 16.1 Å². The van der Waals surface area contributed by atoms with Crippen molar-refractivity contribution in [2.45, 2.75) is 65.6 Å². The molecule has 2 aromatic carbocycles. The second-order valence-electron chi connectivity index (χ2n) is 9.01. The number of hydrogen-bond donors (Lipinski definition) is 1. The summed E-state index contributed by atoms with van der Waals surface area (Å²) in [7, 11) is -3.59. The molecule has 10 heteroatoms. The van der Waals surface area contributed by atoms with E-state index >= 15 is 0 Å². The topological polar surface area (TPSA) is 86.8 Å². The number of aryl methyl sites for hydroxylation is 1. The van der Waals surface area contributed by atoms with Gasteiger partial charge in [0.25, 0.3) is 0 Å². The highest BCUT2D eigenvalue weighted by Gasteiger charge is 2.27. The summed E-state index contributed by atoms with van der Waals surface area (Å²) in [6.45, 7) is 7.80. The predicted octanol–water partition coefficient (Wildman–Crippen LogP) is 5.29. The Labute approximate surface area is 228 Å². The summed E-state index contributed by atoms with van der Waals surface area (Å²) < 4.78 is 27.2. The van der Waals surface area contributed by atoms with Gasteiger partial charge in [-0.2, -0.15) is 0 Å². The third-order valence-corrected chi connectivity index (χ3v) is 7.91. The number of sulfonamides is 1. The smallest absolute Gasteiger partial charge is 0.242 e. The molecular formula is C26H35BrClN3O4S. The Morgan fingerprint density at radius 1 is 1.14 bits per heavy atom. The van der Waals surface area contributed by atoms with Crippen molar-refractivity contribution in [1.29, 1.82) is 0 Å². The molecule has 0 fully saturated rings. The molecule has 0 heterocycles. The summed E-state index contributed by atoms with van der Waals surface area (Å²) >= 11 is 9.56. The molecule has 0 aliphatic rings. The maximum Gasteiger partial charge on any atom is 0.242 e. The number of carbonyl (C=O) groups excluding carboxylic acids is 2. The van der Waals surface area contributed by atoms with Gasteiger partial charge in [-0.1, -0.05) is 52.7 Å². The highest BCUT2D eigenvalue weighted by atomic mass is 79.9. The number of nitrogens with zero attached hydrogens (tertiary/aromatic N) is 2. The zero-order valence-corrected chi connectivity index (χ0v) is 24.6. The minimum absolute atomic E-state index is 0.00738. The minimum Gasteiger partial charge on any atom is -0.352 e. The summed E-state index contributed by atoms with van der Waals surface area (Å²) in [6.07, 6.45) is 2.28. The van der Waals surface area contributed by atoms with E-state index in [9.17, 15) is 18.0 Å². The lowest BCUT2D eigenvalue weighted by atomic mass is 10.1. The number of carbonyl (C=O) groups is 2. The van der Waals surface area contributed by atoms with Crippen LogP contribution < -0.4 is 9.62 Å². The number of benzene rings is 2. The van der Waals surface area contributed by atoms with Crippen LogP contribution in [0.5, 0.6) is 0 Å². The molecule has 2 unspecified atom stereocenters. The van der Waals surface area contributed by atoms with Gasteiger partial charge < -0.3 is 10.2 Å². The van der Waals surface area contributed by atoms with E-state index in [0.717, 1.165) is 28.3 Å². The van der Waals surface area contributed by atoms with Gasteiger partial charge in [0.2, 0.25) is 21.8 Å². The quantitative estimate of drug-likeness (QED) is 0.359. The molecular weight excluding hydrogens is 566 g/mol. The van der Waals surface area contributed by atoms with Gasteiger partial charge in [0, 0.05) is 35.0 Å². The number of halogens is 2. The molecule has 2 atom stereocenters. The molecule has 36 heavy (non-hydrogen) atoms. The second-order valence-corrected chi connectivity index (χ2v) is 12.3. The van der Waals surface area contributed by atoms with Crippen molar-refractivity contribution >= 4 is 55.1 Å². The van der Waals surface area contributed by atoms with Crippen LogP contribution in [0.3, 0.4) is 0 Å². The maximum atomic E-state index is 13.4. The molecule has 2 rings (SSSR count). The number of amides is 2. The molecule has 7 nitrogen and oxygen atoms in total. The predicted molar refractivity (Wildman–Crippen MR) is 150 cm³/mol. The fourth-order valence-corrected chi connectivity index (χ4v) is 5.34. The molecule has 2 aromatic rings. The zero-order valence-electron chi connectivity index (χ0n) is 21.4. The average Bonchev–Trinajstić information content (AvgIpc) is 2.80. The Hall–Kier alpha value is -2.10. The lowest BCUT2D eigenvalue weighted by molar-refractivity contribution is -0.140. The van der Waals surface area contributed by atoms with Gasteiger partial charge in [0.1, 0.15) is 6.04 Å². The van der Waals surface area contributed by atoms with Crippen LogP contribution in [0.4, 0.5) is 5.69 Å². The number of hydrogen-bond acceptors (Lipinski definition) is 4. The van der Waals surface area contributed by atoms with Crippen molar-refractivity contribution in [2.75, 3.05) is 17.1 Å². The Morgan fingerprint density at radius 3 is 2.44 bits per heavy atom. The standard InChI is InChI=1S/C26H35BrClN3O4S/c1-6-19(3)29-26(33)20(4)30(17-21-9-7-10-22(27)15-21)25(32)11-8-14-31(36(5,34)35)24-16-23(28)13-12-18(24)2/h7,9-10,12-13,15-16,19-20H,6,8,11,14,17H2,1-5H3,(H,29,33). The third kappa shape index (κ3) is 8.78. The minimum atomic E-state index is -3.59. The second kappa shape index (κ2) is 13.4. The molecule has 0 aliphatic carbocycles. The van der Waals surface area contributed by atoms with Gasteiger partial charge in [-0.25, -0.2) is 8.42 Å². The molecule has 0 aliphatic heterocycles. The van der Waals surface area contributed by atoms with Gasteiger partial charge in [0.05, 0.1) is 11.9 Å². The SMILES string of the molecule is CCC(C)NC(=O)C(C)N(Cc1cccc(Br)c1)C(=O)CCCN(c1cc(Cl)ccc1C)S(C)(=O)=O. The Morgan fingerprint density at radius 2 is 1.83 bits per heavy atom. The van der Waals surface area contributed by atoms with Crippen LogP contribution in [0.25, 0.3) is 0 Å². The molecule has 0 aromatic heterocycles. The van der Waals surface area contributed by atoms with Gasteiger partial charge in [0.15, 0.2) is 0 Å². The maximum absolute atomic E-state index is 13.4. The van der Waals surface area contributed by atoms with E-state index in [1.54, 1.807) is 30.0 Å². The van der Waals surface area contributed by atoms with Crippen LogP contribution in [0.15, 0.2) is 46.9 Å². The molecule has 198 valence electrons. The molecule has 0 radical (unpaired) electrons. The first-order valence-corrected chi connectivity index (χ1v) is 14.9. The van der Waals surface area contributed by atoms with Crippen molar-refractivity contribution in [3.63, 3.8) is 0 Å². The Balaban J connectivity index is 2.21. The first-order chi connectivity index (χ1) is 16.8. The highest BCUT2D eigenvalue weighted by Crippen LogP contribution is 2.27. The van der Waals surface area contributed by atoms with Crippen LogP contribution in [-0.4, -0.2) is 50.0 Å². The summed E-state index contributed by atoms with van der Waals surface area (Å²) in [6, 6.07) is 12.0. The van der Waals surface area contributed by atoms with E-state index in [2.05, 4.69) is 21.2 Å². The third-order valence-electron chi connectivity index (χ3n) is 6.00. The highest BCUT2D eigenvalue weighted by molar-refractivity contribution is 9.10. The first-order valence-electron chi connectivity index (χ1n) is 11.9. The lowest BCUT2D eigenvalue weighted by Crippen LogP contribution is -2.49. The largest absolute Gasteiger partial charge is 0.352 e. The van der Waals surface area contributed by atoms with Crippen molar-refractivity contribution in [3.05, 3.63) is 63.1 Å². The Bertz CT molecular complexity index is 1180. The van der Waals surface area contributed by atoms with E-state index in [1.165, 1.54) is 4.31 Å². The van der Waals surface area contributed by atoms with Crippen LogP contribution >= 0.6 is 27.5 Å². The monoisotopic (exact) mass is 599 g/mol. The average molecular weight is 601 g/mol. The van der Waals surface area contributed by atoms with E-state index in [-0.39, 0.29) is 43.8 Å². The molecule has 0 saturated heterocycles. The summed E-state index contributed by atoms with van der Waals surface area (Å²) in [5, 5.41) is 3.38. The Kier molecular flexibility index (Phi) is 11.3. The molecule has 0 spiro atoms. The number of nitrogens with one attached hydrogen (secondary N) is 1. The van der Waals surface area contributed by atoms with E-state index in [4.69, 9.17) is 11.6 Å². The van der Waals surface area contributed by atoms with Gasteiger partial charge >= 0.3 is 0 Å². The zero-order chi connectivity index (χ0) is 27.0. The van der Waals surface area contributed by atoms with E-state index in [0.29, 0.717) is 10.7 Å². The van der Waals surface area contributed by atoms with Crippen molar-refractivity contribution in [2.24, 2.45) is 0 Å². The summed E-state index contributed by atoms with van der Waals surface area (Å²) in [4.78, 5) is 27.8. The van der Waals surface area contributed by atoms with Crippen molar-refractivity contribution < 1.29 is 18.0 Å². The van der Waals surface area contributed by atoms with Gasteiger partial charge in [-0.05, 0) is 69.0 Å². The van der Waals surface area contributed by atoms with Crippen LogP contribution in [0.2, 0.25) is 5.02 Å². The summed E-state index contributed by atoms with van der Waals surface area (Å²) in [5.74, 6) is -0.446. The molecule has 0 bridgehead atoms. The number of rotatable bonds is 12. The van der Waals surface area contributed by atoms with Crippen molar-refractivity contribution in [3.8, 4) is 0 Å². The van der Waals surface area contributed by atoms with Gasteiger partial charge in [-0.15, -0.1) is 0 Å².